The first kappa shape index (κ1) is 22.1. The van der Waals surface area contributed by atoms with E-state index in [-0.39, 0.29) is 0 Å². The molecule has 150 valence electrons. The zero-order chi connectivity index (χ0) is 20.4. The monoisotopic (exact) mass is 405 g/mol. The number of nitrogens with zero attached hydrogens (tertiary/aromatic N) is 1. The summed E-state index contributed by atoms with van der Waals surface area (Å²) in [4.78, 5) is 4.52. The lowest BCUT2D eigenvalue weighted by Gasteiger charge is -2.08. The van der Waals surface area contributed by atoms with Crippen molar-refractivity contribution in [2.75, 3.05) is 6.61 Å². The van der Waals surface area contributed by atoms with E-state index < -0.39 is 10.2 Å². The highest BCUT2D eigenvalue weighted by Gasteiger charge is 2.02. The van der Waals surface area contributed by atoms with E-state index in [0.29, 0.717) is 0 Å². The minimum absolute atomic E-state index is 0.778. The molecule has 0 saturated heterocycles. The van der Waals surface area contributed by atoms with Gasteiger partial charge in [0.25, 0.3) is 0 Å². The van der Waals surface area contributed by atoms with Crippen molar-refractivity contribution in [3.05, 3.63) is 66.0 Å². The van der Waals surface area contributed by atoms with Gasteiger partial charge in [0, 0.05) is 11.6 Å². The number of unbranched alkanes of at least 4 members (excludes halogenated alkanes) is 1. The van der Waals surface area contributed by atoms with E-state index in [9.17, 15) is 0 Å². The van der Waals surface area contributed by atoms with Crippen LogP contribution < -0.4 is 18.7 Å². The summed E-state index contributed by atoms with van der Waals surface area (Å²) >= 11 is 0. The highest BCUT2D eigenvalue weighted by molar-refractivity contribution is 5.90. The van der Waals surface area contributed by atoms with Crippen molar-refractivity contribution in [2.45, 2.75) is 32.6 Å². The van der Waals surface area contributed by atoms with Crippen LogP contribution in [0.2, 0.25) is 0 Å². The van der Waals surface area contributed by atoms with Gasteiger partial charge in [-0.2, -0.15) is 14.0 Å². The van der Waals surface area contributed by atoms with Crippen LogP contribution in [0.15, 0.2) is 60.3 Å². The van der Waals surface area contributed by atoms with Crippen molar-refractivity contribution < 1.29 is 33.6 Å². The predicted molar refractivity (Wildman–Crippen MR) is 99.9 cm³/mol. The number of hydrogen-bond acceptors (Lipinski definition) is 6. The molecule has 0 aliphatic heterocycles. The molecule has 6 nitrogen and oxygen atoms in total. The minimum atomic E-state index is -4.69. The third-order valence-corrected chi connectivity index (χ3v) is 3.99. The molecule has 7 heteroatoms. The van der Waals surface area contributed by atoms with E-state index in [4.69, 9.17) is 23.4 Å². The van der Waals surface area contributed by atoms with Crippen molar-refractivity contribution in [3.63, 3.8) is 0 Å². The largest absolute Gasteiger partial charge is 0.494 e. The summed E-state index contributed by atoms with van der Waals surface area (Å²) in [7, 11) is -4.69. The van der Waals surface area contributed by atoms with Crippen LogP contribution in [-0.2, 0) is 0 Å². The molecule has 1 aliphatic rings. The van der Waals surface area contributed by atoms with Crippen LogP contribution in [0.3, 0.4) is 0 Å². The summed E-state index contributed by atoms with van der Waals surface area (Å²) in [5.74, 6) is 0.935. The Labute approximate surface area is 166 Å². The average molecular weight is 406 g/mol. The van der Waals surface area contributed by atoms with E-state index >= 15 is 0 Å². The second-order valence-corrected chi connectivity index (χ2v) is 6.99. The van der Waals surface area contributed by atoms with Crippen LogP contribution in [0.25, 0.3) is 16.8 Å². The molecule has 1 heterocycles. The average Bonchev–Trinajstić information content (AvgIpc) is 2.66. The molecule has 0 fully saturated rings. The van der Waals surface area contributed by atoms with Gasteiger partial charge in [0.15, 0.2) is 0 Å². The lowest BCUT2D eigenvalue weighted by Crippen LogP contribution is -2.58. The van der Waals surface area contributed by atoms with Gasteiger partial charge < -0.3 is 4.74 Å². The second kappa shape index (κ2) is 10.9. The number of benzene rings is 1. The Kier molecular flexibility index (Phi) is 8.63. The van der Waals surface area contributed by atoms with Crippen LogP contribution in [0.5, 0.6) is 5.75 Å². The normalized spacial score (nSPS) is 14.0. The number of allylic oxidation sites excluding steroid dienone is 5. The van der Waals surface area contributed by atoms with E-state index in [0.717, 1.165) is 49.1 Å². The van der Waals surface area contributed by atoms with Crippen LogP contribution in [0.1, 0.15) is 38.3 Å². The smallest absolute Gasteiger partial charge is 0.119 e. The second-order valence-electron chi connectivity index (χ2n) is 6.19. The first-order valence-electron chi connectivity index (χ1n) is 9.06. The van der Waals surface area contributed by atoms with Crippen LogP contribution >= 0.6 is 0 Å². The summed E-state index contributed by atoms with van der Waals surface area (Å²) in [6.07, 6.45) is 17.3. The first-order valence-corrected chi connectivity index (χ1v) is 10.3. The number of fused-ring (bicyclic) bond motifs is 1. The molecule has 28 heavy (non-hydrogen) atoms. The lowest BCUT2D eigenvalue weighted by molar-refractivity contribution is -1.92. The first-order chi connectivity index (χ1) is 13.4. The quantitative estimate of drug-likeness (QED) is 0.730. The molecule has 1 N–H and O–H groups in total. The number of aromatic nitrogens is 1. The van der Waals surface area contributed by atoms with E-state index in [2.05, 4.69) is 54.4 Å². The zero-order valence-electron chi connectivity index (χ0n) is 15.7. The molecule has 1 aromatic carbocycles. The topological polar surface area (TPSA) is 112 Å². The van der Waals surface area contributed by atoms with Gasteiger partial charge in [0.1, 0.15) is 5.75 Å². The molecule has 1 aliphatic carbocycles. The van der Waals surface area contributed by atoms with E-state index in [1.807, 2.05) is 18.3 Å². The van der Waals surface area contributed by atoms with E-state index in [1.54, 1.807) is 0 Å². The van der Waals surface area contributed by atoms with Gasteiger partial charge in [-0.15, -0.1) is 0 Å². The third kappa shape index (κ3) is 8.21. The summed E-state index contributed by atoms with van der Waals surface area (Å²) in [6, 6.07) is 8.29. The maximum atomic E-state index is 8.60. The molecular weight excluding hydrogens is 382 g/mol. The molecule has 0 spiro atoms. The molecule has 2 aromatic rings. The highest BCUT2D eigenvalue weighted by Crippen LogP contribution is 2.24. The Morgan fingerprint density at radius 1 is 1.18 bits per heavy atom. The molecule has 1 aromatic heterocycles. The van der Waals surface area contributed by atoms with Gasteiger partial charge in [0.05, 0.1) is 27.2 Å². The van der Waals surface area contributed by atoms with Crippen molar-refractivity contribution in [1.29, 1.82) is 0 Å². The Morgan fingerprint density at radius 3 is 2.64 bits per heavy atom. The van der Waals surface area contributed by atoms with Crippen molar-refractivity contribution in [1.82, 2.24) is 4.98 Å². The Morgan fingerprint density at radius 2 is 1.96 bits per heavy atom. The molecular formula is C21H24ClNO5. The molecule has 0 unspecified atom stereocenters. The summed E-state index contributed by atoms with van der Waals surface area (Å²) in [5, 5.41) is 2.33. The fraction of sp³-hybridized carbons (Fsp3) is 0.286. The maximum absolute atomic E-state index is 8.60. The van der Waals surface area contributed by atoms with E-state index in [1.165, 1.54) is 11.0 Å². The Bertz CT molecular complexity index is 849. The SMILES string of the molecule is CCCCOc1ccc2c(C=CC3=CCCC=C3)nccc2c1.[O-][Cl+3]([O-])([O-])O. The lowest BCUT2D eigenvalue weighted by atomic mass is 10.0. The molecule has 3 rings (SSSR count). The van der Waals surface area contributed by atoms with Gasteiger partial charge in [-0.1, -0.05) is 37.6 Å². The van der Waals surface area contributed by atoms with Crippen LogP contribution in [0, 0.1) is 10.2 Å². The fourth-order valence-corrected chi connectivity index (χ4v) is 2.67. The molecule has 0 atom stereocenters. The number of halogens is 1. The standard InChI is InChI=1S/C21H23NO.ClHO4/c1-2-3-15-23-19-10-11-20-18(16-19)13-14-22-21(20)12-9-17-7-5-4-6-8-17;2-1(3,4)5/h5,7-14,16H,2-4,6,15H2,1H3;(H,2,3,4,5). The van der Waals surface area contributed by atoms with Crippen LogP contribution in [0.4, 0.5) is 0 Å². The van der Waals surface area contributed by atoms with Crippen molar-refractivity contribution >= 4 is 16.8 Å². The van der Waals surface area contributed by atoms with Gasteiger partial charge in [-0.05, 0) is 60.6 Å². The van der Waals surface area contributed by atoms with Crippen molar-refractivity contribution in [2.24, 2.45) is 0 Å². The fourth-order valence-electron chi connectivity index (χ4n) is 2.67. The third-order valence-electron chi connectivity index (χ3n) is 3.99. The highest BCUT2D eigenvalue weighted by atomic mass is 35.7. The Hall–Kier alpha value is -2.22. The maximum Gasteiger partial charge on any atom is 0.119 e. The Balaban J connectivity index is 0.000000500. The summed E-state index contributed by atoms with van der Waals surface area (Å²) in [5.41, 5.74) is 2.26. The molecule has 0 radical (unpaired) electrons. The molecule has 0 amide bonds. The zero-order valence-corrected chi connectivity index (χ0v) is 16.5. The number of ether oxygens (including phenoxy) is 1. The predicted octanol–water partition coefficient (Wildman–Crippen LogP) is 1.58. The number of rotatable bonds is 6. The van der Waals surface area contributed by atoms with Crippen LogP contribution in [-0.4, -0.2) is 16.2 Å². The van der Waals surface area contributed by atoms with Crippen molar-refractivity contribution in [3.8, 4) is 5.75 Å². The molecule has 0 saturated carbocycles. The summed E-state index contributed by atoms with van der Waals surface area (Å²) < 4.78 is 38.5. The van der Waals surface area contributed by atoms with Gasteiger partial charge in [0.2, 0.25) is 0 Å². The minimum Gasteiger partial charge on any atom is -0.494 e. The number of hydrogen-bond donors (Lipinski definition) is 1. The van der Waals surface area contributed by atoms with Gasteiger partial charge in [-0.25, -0.2) is 0 Å². The number of pyridine rings is 1. The van der Waals surface area contributed by atoms with Gasteiger partial charge >= 0.3 is 0 Å². The molecule has 0 bridgehead atoms. The van der Waals surface area contributed by atoms with Gasteiger partial charge in [-0.3, -0.25) is 4.98 Å². The summed E-state index contributed by atoms with van der Waals surface area (Å²) in [6.45, 7) is 2.95.